The number of pyridine rings is 1. The Hall–Kier alpha value is -2.78. The minimum absolute atomic E-state index is 0.157. The molecule has 168 valence electrons. The molecule has 0 aliphatic heterocycles. The van der Waals surface area contributed by atoms with Gasteiger partial charge in [-0.2, -0.15) is 0 Å². The molecule has 0 spiro atoms. The first kappa shape index (κ1) is 24.5. The van der Waals surface area contributed by atoms with Gasteiger partial charge in [-0.15, -0.1) is 0 Å². The highest BCUT2D eigenvalue weighted by Crippen LogP contribution is 2.29. The number of nitrogens with zero attached hydrogens (tertiary/aromatic N) is 2. The van der Waals surface area contributed by atoms with E-state index in [-0.39, 0.29) is 12.2 Å². The fourth-order valence-electron chi connectivity index (χ4n) is 2.52. The van der Waals surface area contributed by atoms with Crippen LogP contribution >= 0.6 is 23.2 Å². The molecule has 1 aromatic carbocycles. The fourth-order valence-corrected chi connectivity index (χ4v) is 2.90. The van der Waals surface area contributed by atoms with Crippen LogP contribution in [0.25, 0.3) is 0 Å². The Morgan fingerprint density at radius 2 is 1.97 bits per heavy atom. The molecule has 1 amide bonds. The Kier molecular flexibility index (Phi) is 8.70. The third-order valence-corrected chi connectivity index (χ3v) is 4.77. The number of benzene rings is 1. The lowest BCUT2D eigenvalue weighted by Crippen LogP contribution is -2.33. The molecule has 31 heavy (non-hydrogen) atoms. The van der Waals surface area contributed by atoms with Crippen LogP contribution in [0.15, 0.2) is 30.5 Å². The highest BCUT2D eigenvalue weighted by Gasteiger charge is 2.17. The highest BCUT2D eigenvalue weighted by molar-refractivity contribution is 6.42. The Balaban J connectivity index is 1.93. The lowest BCUT2D eigenvalue weighted by Gasteiger charge is -2.19. The van der Waals surface area contributed by atoms with Crippen LogP contribution in [0, 0.1) is 10.1 Å². The van der Waals surface area contributed by atoms with Crippen LogP contribution in [0.1, 0.15) is 32.8 Å². The molecule has 1 heterocycles. The first-order chi connectivity index (χ1) is 14.6. The molecule has 0 unspecified atom stereocenters. The van der Waals surface area contributed by atoms with Crippen LogP contribution in [0.3, 0.4) is 0 Å². The molecule has 3 N–H and O–H groups in total. The maximum absolute atomic E-state index is 11.6. The molecule has 0 radical (unpaired) electrons. The molecule has 0 saturated heterocycles. The van der Waals surface area contributed by atoms with Gasteiger partial charge in [-0.25, -0.2) is 9.78 Å². The van der Waals surface area contributed by atoms with Crippen molar-refractivity contribution in [1.82, 2.24) is 10.3 Å². The Labute approximate surface area is 190 Å². The van der Waals surface area contributed by atoms with Gasteiger partial charge in [-0.05, 0) is 38.8 Å². The fraction of sp³-hybridized carbons (Fsp3) is 0.400. The van der Waals surface area contributed by atoms with Crippen molar-refractivity contribution in [1.29, 1.82) is 0 Å². The zero-order valence-corrected chi connectivity index (χ0v) is 19.0. The summed E-state index contributed by atoms with van der Waals surface area (Å²) in [5.74, 6) is 0.461. The smallest absolute Gasteiger partial charge is 0.407 e. The van der Waals surface area contributed by atoms with Crippen molar-refractivity contribution in [2.24, 2.45) is 0 Å². The Bertz CT molecular complexity index is 934. The number of nitrogens with one attached hydrogen (secondary N) is 3. The summed E-state index contributed by atoms with van der Waals surface area (Å²) in [6.07, 6.45) is 1.31. The number of aromatic nitrogens is 1. The molecule has 2 aromatic rings. The van der Waals surface area contributed by atoms with E-state index in [1.54, 1.807) is 45.0 Å². The molecule has 1 aromatic heterocycles. The largest absolute Gasteiger partial charge is 0.444 e. The summed E-state index contributed by atoms with van der Waals surface area (Å²) in [7, 11) is 0. The van der Waals surface area contributed by atoms with Crippen LogP contribution in [-0.4, -0.2) is 34.7 Å². The van der Waals surface area contributed by atoms with E-state index in [4.69, 9.17) is 27.9 Å². The van der Waals surface area contributed by atoms with Gasteiger partial charge in [0.2, 0.25) is 0 Å². The number of anilines is 2. The minimum atomic E-state index is -0.552. The lowest BCUT2D eigenvalue weighted by molar-refractivity contribution is -0.384. The molecule has 9 nitrogen and oxygen atoms in total. The number of hydrogen-bond acceptors (Lipinski definition) is 7. The summed E-state index contributed by atoms with van der Waals surface area (Å²) < 4.78 is 5.16. The maximum Gasteiger partial charge on any atom is 0.407 e. The zero-order valence-electron chi connectivity index (χ0n) is 17.5. The normalized spacial score (nSPS) is 11.0. The zero-order chi connectivity index (χ0) is 23.0. The van der Waals surface area contributed by atoms with Crippen LogP contribution in [0.2, 0.25) is 10.0 Å². The summed E-state index contributed by atoms with van der Waals surface area (Å²) in [5, 5.41) is 20.9. The topological polar surface area (TPSA) is 118 Å². The van der Waals surface area contributed by atoms with Crippen molar-refractivity contribution in [2.45, 2.75) is 39.3 Å². The third kappa shape index (κ3) is 8.10. The molecule has 2 rings (SSSR count). The van der Waals surface area contributed by atoms with Crippen LogP contribution in [-0.2, 0) is 11.3 Å². The predicted molar refractivity (Wildman–Crippen MR) is 122 cm³/mol. The van der Waals surface area contributed by atoms with Crippen molar-refractivity contribution < 1.29 is 14.5 Å². The first-order valence-corrected chi connectivity index (χ1v) is 10.3. The average molecular weight is 470 g/mol. The first-order valence-electron chi connectivity index (χ1n) is 9.59. The van der Waals surface area contributed by atoms with Crippen LogP contribution in [0.4, 0.5) is 22.0 Å². The van der Waals surface area contributed by atoms with Gasteiger partial charge in [0.05, 0.1) is 15.0 Å². The van der Waals surface area contributed by atoms with E-state index in [0.717, 1.165) is 0 Å². The number of nitro groups is 1. The third-order valence-electron chi connectivity index (χ3n) is 3.91. The number of halogens is 2. The van der Waals surface area contributed by atoms with Crippen molar-refractivity contribution in [2.75, 3.05) is 23.7 Å². The summed E-state index contributed by atoms with van der Waals surface area (Å²) >= 11 is 12.2. The van der Waals surface area contributed by atoms with E-state index in [1.165, 1.54) is 6.20 Å². The highest BCUT2D eigenvalue weighted by atomic mass is 35.5. The second kappa shape index (κ2) is 11.0. The van der Waals surface area contributed by atoms with Crippen molar-refractivity contribution in [3.8, 4) is 0 Å². The number of carbonyl (C=O) groups excluding carboxylic acids is 1. The van der Waals surface area contributed by atoms with Gasteiger partial charge in [0, 0.05) is 25.7 Å². The van der Waals surface area contributed by atoms with Gasteiger partial charge in [0.1, 0.15) is 23.3 Å². The van der Waals surface area contributed by atoms with Gasteiger partial charge in [-0.1, -0.05) is 35.3 Å². The summed E-state index contributed by atoms with van der Waals surface area (Å²) in [6.45, 7) is 6.54. The second-order valence-electron chi connectivity index (χ2n) is 7.62. The number of amides is 1. The van der Waals surface area contributed by atoms with Crippen molar-refractivity contribution in [3.63, 3.8) is 0 Å². The van der Waals surface area contributed by atoms with E-state index in [9.17, 15) is 14.9 Å². The van der Waals surface area contributed by atoms with Crippen molar-refractivity contribution in [3.05, 3.63) is 56.2 Å². The predicted octanol–water partition coefficient (Wildman–Crippen LogP) is 5.24. The number of alkyl carbamates (subject to hydrolysis) is 1. The Morgan fingerprint density at radius 1 is 1.23 bits per heavy atom. The van der Waals surface area contributed by atoms with Crippen molar-refractivity contribution >= 4 is 46.5 Å². The van der Waals surface area contributed by atoms with E-state index in [0.29, 0.717) is 46.6 Å². The number of carbonyl (C=O) groups is 1. The molecule has 0 aliphatic carbocycles. The molecule has 11 heteroatoms. The molecular weight excluding hydrogens is 445 g/mol. The summed E-state index contributed by atoms with van der Waals surface area (Å²) in [5.41, 5.74) is 0.299. The molecule has 0 fully saturated rings. The van der Waals surface area contributed by atoms with E-state index in [2.05, 4.69) is 20.9 Å². The van der Waals surface area contributed by atoms with Gasteiger partial charge >= 0.3 is 11.8 Å². The van der Waals surface area contributed by atoms with Crippen LogP contribution in [0.5, 0.6) is 0 Å². The molecule has 0 bridgehead atoms. The van der Waals surface area contributed by atoms with Gasteiger partial charge < -0.3 is 20.7 Å². The number of hydrogen-bond donors (Lipinski definition) is 3. The minimum Gasteiger partial charge on any atom is -0.444 e. The quantitative estimate of drug-likeness (QED) is 0.261. The SMILES string of the molecule is CC(C)(C)OC(=O)NCCCNc1cc(NCc2cccc(Cl)c2Cl)c([N+](=O)[O-])cn1. The summed E-state index contributed by atoms with van der Waals surface area (Å²) in [6, 6.07) is 6.76. The second-order valence-corrected chi connectivity index (χ2v) is 8.40. The standard InChI is InChI=1S/C20H25Cl2N5O4/c1-20(2,3)31-19(28)24-9-5-8-23-17-10-15(16(12-26-17)27(29)30)25-11-13-6-4-7-14(21)18(13)22/h4,6-7,10,12H,5,8-9,11H2,1-3H3,(H,24,28)(H2,23,25,26). The van der Waals surface area contributed by atoms with E-state index in [1.807, 2.05) is 0 Å². The molecule has 0 atom stereocenters. The van der Waals surface area contributed by atoms with E-state index >= 15 is 0 Å². The Morgan fingerprint density at radius 3 is 2.65 bits per heavy atom. The maximum atomic E-state index is 11.6. The van der Waals surface area contributed by atoms with Gasteiger partial charge in [0.15, 0.2) is 0 Å². The molecule has 0 saturated carbocycles. The molecular formula is C20H25Cl2N5O4. The van der Waals surface area contributed by atoms with E-state index < -0.39 is 16.6 Å². The average Bonchev–Trinajstić information content (AvgIpc) is 2.67. The van der Waals surface area contributed by atoms with Crippen LogP contribution < -0.4 is 16.0 Å². The van der Waals surface area contributed by atoms with Gasteiger partial charge in [0.25, 0.3) is 0 Å². The van der Waals surface area contributed by atoms with Gasteiger partial charge in [-0.3, -0.25) is 10.1 Å². The monoisotopic (exact) mass is 469 g/mol. The number of rotatable bonds is 9. The lowest BCUT2D eigenvalue weighted by atomic mass is 10.2. The molecule has 0 aliphatic rings. The number of ether oxygens (including phenoxy) is 1. The summed E-state index contributed by atoms with van der Waals surface area (Å²) in [4.78, 5) is 26.5.